The second kappa shape index (κ2) is 5.11. The second-order valence-corrected chi connectivity index (χ2v) is 5.07. The highest BCUT2D eigenvalue weighted by Crippen LogP contribution is 2.24. The van der Waals surface area contributed by atoms with Crippen molar-refractivity contribution in [2.45, 2.75) is 26.3 Å². The molecule has 0 aliphatic rings. The van der Waals surface area contributed by atoms with Crippen LogP contribution in [0.4, 0.5) is 8.78 Å². The van der Waals surface area contributed by atoms with Crippen molar-refractivity contribution in [3.8, 4) is 0 Å². The van der Waals surface area contributed by atoms with Crippen LogP contribution in [0.15, 0.2) is 16.7 Å². The Labute approximate surface area is 124 Å². The number of hydrogen-bond acceptors (Lipinski definition) is 3. The molecule has 0 aliphatic heterocycles. The smallest absolute Gasteiger partial charge is 0.153 e. The minimum atomic E-state index is -0.700. The molecule has 0 spiro atoms. The van der Waals surface area contributed by atoms with Gasteiger partial charge in [0.05, 0.1) is 23.6 Å². The number of nitrogens with zero attached hydrogens (tertiary/aromatic N) is 3. The van der Waals surface area contributed by atoms with Crippen LogP contribution in [0.2, 0.25) is 0 Å². The van der Waals surface area contributed by atoms with Crippen LogP contribution in [0.5, 0.6) is 0 Å². The predicted octanol–water partition coefficient (Wildman–Crippen LogP) is 3.71. The SMILES string of the molecule is Cc1noc(C)c1Cn1c(CCl)nc2c(F)cc(F)cc21. The van der Waals surface area contributed by atoms with E-state index in [9.17, 15) is 8.78 Å². The minimum Gasteiger partial charge on any atom is -0.361 e. The molecular formula is C14H12ClF2N3O. The first-order valence-electron chi connectivity index (χ1n) is 6.33. The molecule has 1 aromatic carbocycles. The molecule has 110 valence electrons. The standard InChI is InChI=1S/C14H12ClF2N3O/c1-7-10(8(2)21-19-7)6-20-12-4-9(16)3-11(17)14(12)18-13(20)5-15/h3-4H,5-6H2,1-2H3. The van der Waals surface area contributed by atoms with E-state index in [-0.39, 0.29) is 11.4 Å². The van der Waals surface area contributed by atoms with Gasteiger partial charge in [0.25, 0.3) is 0 Å². The van der Waals surface area contributed by atoms with E-state index in [1.807, 2.05) is 6.92 Å². The summed E-state index contributed by atoms with van der Waals surface area (Å²) in [5.74, 6) is -0.128. The topological polar surface area (TPSA) is 43.9 Å². The first-order valence-corrected chi connectivity index (χ1v) is 6.86. The number of alkyl halides is 1. The third kappa shape index (κ3) is 2.29. The molecule has 4 nitrogen and oxygen atoms in total. The van der Waals surface area contributed by atoms with Crippen molar-refractivity contribution in [3.05, 3.63) is 46.6 Å². The van der Waals surface area contributed by atoms with Gasteiger partial charge in [0.2, 0.25) is 0 Å². The Morgan fingerprint density at radius 2 is 2.05 bits per heavy atom. The predicted molar refractivity (Wildman–Crippen MR) is 74.3 cm³/mol. The molecule has 0 fully saturated rings. The van der Waals surface area contributed by atoms with Crippen LogP contribution >= 0.6 is 11.6 Å². The molecule has 3 aromatic rings. The van der Waals surface area contributed by atoms with Crippen LogP contribution in [0.25, 0.3) is 11.0 Å². The molecule has 0 N–H and O–H groups in total. The number of fused-ring (bicyclic) bond motifs is 1. The van der Waals surface area contributed by atoms with E-state index in [2.05, 4.69) is 10.1 Å². The van der Waals surface area contributed by atoms with Crippen molar-refractivity contribution in [3.63, 3.8) is 0 Å². The monoisotopic (exact) mass is 311 g/mol. The van der Waals surface area contributed by atoms with Crippen LogP contribution in [-0.2, 0) is 12.4 Å². The van der Waals surface area contributed by atoms with Crippen LogP contribution in [0.3, 0.4) is 0 Å². The van der Waals surface area contributed by atoms with Gasteiger partial charge < -0.3 is 9.09 Å². The molecule has 0 unspecified atom stereocenters. The summed E-state index contributed by atoms with van der Waals surface area (Å²) in [6, 6.07) is 2.06. The van der Waals surface area contributed by atoms with E-state index < -0.39 is 11.6 Å². The van der Waals surface area contributed by atoms with Crippen LogP contribution in [0.1, 0.15) is 22.8 Å². The summed E-state index contributed by atoms with van der Waals surface area (Å²) in [7, 11) is 0. The summed E-state index contributed by atoms with van der Waals surface area (Å²) >= 11 is 5.88. The lowest BCUT2D eigenvalue weighted by atomic mass is 10.2. The van der Waals surface area contributed by atoms with Gasteiger partial charge in [0, 0.05) is 11.6 Å². The van der Waals surface area contributed by atoms with Crippen molar-refractivity contribution >= 4 is 22.6 Å². The van der Waals surface area contributed by atoms with Crippen molar-refractivity contribution in [1.82, 2.24) is 14.7 Å². The lowest BCUT2D eigenvalue weighted by molar-refractivity contribution is 0.392. The van der Waals surface area contributed by atoms with Gasteiger partial charge in [-0.25, -0.2) is 13.8 Å². The molecule has 2 heterocycles. The Balaban J connectivity index is 2.21. The van der Waals surface area contributed by atoms with Gasteiger partial charge in [-0.1, -0.05) is 5.16 Å². The fourth-order valence-corrected chi connectivity index (χ4v) is 2.57. The lowest BCUT2D eigenvalue weighted by Crippen LogP contribution is -2.05. The van der Waals surface area contributed by atoms with E-state index in [0.29, 0.717) is 23.6 Å². The Morgan fingerprint density at radius 3 is 2.67 bits per heavy atom. The molecule has 3 rings (SSSR count). The van der Waals surface area contributed by atoms with Gasteiger partial charge in [0.1, 0.15) is 22.9 Å². The van der Waals surface area contributed by atoms with E-state index in [1.165, 1.54) is 6.07 Å². The summed E-state index contributed by atoms with van der Waals surface area (Å²) in [4.78, 5) is 4.15. The zero-order valence-corrected chi connectivity index (χ0v) is 12.2. The Kier molecular flexibility index (Phi) is 3.41. The highest BCUT2D eigenvalue weighted by Gasteiger charge is 2.18. The highest BCUT2D eigenvalue weighted by molar-refractivity contribution is 6.16. The van der Waals surface area contributed by atoms with Crippen LogP contribution in [-0.4, -0.2) is 14.7 Å². The second-order valence-electron chi connectivity index (χ2n) is 4.81. The summed E-state index contributed by atoms with van der Waals surface area (Å²) in [5, 5.41) is 3.88. The maximum Gasteiger partial charge on any atom is 0.153 e. The van der Waals surface area contributed by atoms with E-state index in [4.69, 9.17) is 16.1 Å². The van der Waals surface area contributed by atoms with Crippen LogP contribution in [0, 0.1) is 25.5 Å². The Morgan fingerprint density at radius 1 is 1.29 bits per heavy atom. The molecule has 0 saturated heterocycles. The summed E-state index contributed by atoms with van der Waals surface area (Å²) in [6.45, 7) is 3.95. The minimum absolute atomic E-state index is 0.0963. The first-order chi connectivity index (χ1) is 10.0. The summed E-state index contributed by atoms with van der Waals surface area (Å²) in [6.07, 6.45) is 0. The fourth-order valence-electron chi connectivity index (χ4n) is 2.36. The average Bonchev–Trinajstić information content (AvgIpc) is 2.94. The molecule has 0 amide bonds. The number of hydrogen-bond donors (Lipinski definition) is 0. The van der Waals surface area contributed by atoms with Crippen molar-refractivity contribution in [1.29, 1.82) is 0 Å². The first kappa shape index (κ1) is 14.0. The molecule has 0 atom stereocenters. The number of rotatable bonds is 3. The normalized spacial score (nSPS) is 11.5. The number of benzene rings is 1. The van der Waals surface area contributed by atoms with E-state index in [0.717, 1.165) is 17.3 Å². The molecule has 0 radical (unpaired) electrons. The molecule has 0 aliphatic carbocycles. The van der Waals surface area contributed by atoms with Gasteiger partial charge in [0.15, 0.2) is 5.82 Å². The molecule has 2 aromatic heterocycles. The largest absolute Gasteiger partial charge is 0.361 e. The van der Waals surface area contributed by atoms with E-state index >= 15 is 0 Å². The average molecular weight is 312 g/mol. The number of imidazole rings is 1. The molecule has 21 heavy (non-hydrogen) atoms. The number of aromatic nitrogens is 3. The lowest BCUT2D eigenvalue weighted by Gasteiger charge is -2.07. The van der Waals surface area contributed by atoms with Crippen molar-refractivity contribution in [2.75, 3.05) is 0 Å². The zero-order chi connectivity index (χ0) is 15.1. The highest BCUT2D eigenvalue weighted by atomic mass is 35.5. The third-order valence-corrected chi connectivity index (χ3v) is 3.71. The van der Waals surface area contributed by atoms with Crippen LogP contribution < -0.4 is 0 Å². The molecular weight excluding hydrogens is 300 g/mol. The maximum atomic E-state index is 13.8. The Hall–Kier alpha value is -1.95. The molecule has 7 heteroatoms. The zero-order valence-electron chi connectivity index (χ0n) is 11.5. The Bertz CT molecular complexity index is 806. The third-order valence-electron chi connectivity index (χ3n) is 3.47. The number of halogens is 3. The maximum absolute atomic E-state index is 13.8. The quantitative estimate of drug-likeness (QED) is 0.693. The van der Waals surface area contributed by atoms with Gasteiger partial charge >= 0.3 is 0 Å². The molecule has 0 bridgehead atoms. The van der Waals surface area contributed by atoms with Gasteiger partial charge in [-0.05, 0) is 19.9 Å². The van der Waals surface area contributed by atoms with Gasteiger partial charge in [-0.15, -0.1) is 11.6 Å². The molecule has 0 saturated carbocycles. The fraction of sp³-hybridized carbons (Fsp3) is 0.286. The van der Waals surface area contributed by atoms with Gasteiger partial charge in [-0.2, -0.15) is 0 Å². The number of aryl methyl sites for hydroxylation is 2. The summed E-state index contributed by atoms with van der Waals surface area (Å²) < 4.78 is 34.1. The van der Waals surface area contributed by atoms with Crippen molar-refractivity contribution < 1.29 is 13.3 Å². The van der Waals surface area contributed by atoms with E-state index in [1.54, 1.807) is 11.5 Å². The van der Waals surface area contributed by atoms with Crippen molar-refractivity contribution in [2.24, 2.45) is 0 Å². The van der Waals surface area contributed by atoms with Gasteiger partial charge in [-0.3, -0.25) is 0 Å². The summed E-state index contributed by atoms with van der Waals surface area (Å²) in [5.41, 5.74) is 2.05.